The van der Waals surface area contributed by atoms with Gasteiger partial charge in [0.05, 0.1) is 5.92 Å². The molecule has 0 aliphatic carbocycles. The minimum atomic E-state index is -0.813. The monoisotopic (exact) mass is 385 g/mol. The van der Waals surface area contributed by atoms with E-state index in [1.165, 1.54) is 18.9 Å². The summed E-state index contributed by atoms with van der Waals surface area (Å²) in [5.41, 5.74) is 1.36. The summed E-state index contributed by atoms with van der Waals surface area (Å²) in [6.07, 6.45) is 2.30. The third-order valence-electron chi connectivity index (χ3n) is 5.31. The maximum atomic E-state index is 14.0. The van der Waals surface area contributed by atoms with Crippen LogP contribution in [0.4, 0.5) is 25.8 Å². The Kier molecular flexibility index (Phi) is 4.98. The number of carbonyl (C=O) groups is 2. The van der Waals surface area contributed by atoms with Crippen molar-refractivity contribution in [2.75, 3.05) is 34.8 Å². The van der Waals surface area contributed by atoms with Crippen LogP contribution in [0.15, 0.2) is 42.5 Å². The van der Waals surface area contributed by atoms with Crippen LogP contribution in [0.25, 0.3) is 0 Å². The third-order valence-corrected chi connectivity index (χ3v) is 5.31. The van der Waals surface area contributed by atoms with E-state index in [0.29, 0.717) is 5.69 Å². The molecule has 5 nitrogen and oxygen atoms in total. The first-order chi connectivity index (χ1) is 13.5. The molecule has 0 bridgehead atoms. The molecule has 0 radical (unpaired) electrons. The zero-order valence-electron chi connectivity index (χ0n) is 15.3. The van der Waals surface area contributed by atoms with Gasteiger partial charge in [0.2, 0.25) is 11.8 Å². The fourth-order valence-electron chi connectivity index (χ4n) is 3.82. The molecule has 2 amide bonds. The molecular weight excluding hydrogens is 364 g/mol. The van der Waals surface area contributed by atoms with E-state index in [4.69, 9.17) is 0 Å². The number of rotatable bonds is 4. The minimum absolute atomic E-state index is 0.0472. The SMILES string of the molecule is O=C(Nc1ccc(N2CCCC2)cc1)C1CC(=O)N(c2c(F)cccc2F)C1. The summed E-state index contributed by atoms with van der Waals surface area (Å²) in [5.74, 6) is -3.08. The molecule has 2 aromatic carbocycles. The van der Waals surface area contributed by atoms with Gasteiger partial charge in [0.15, 0.2) is 0 Å². The fourth-order valence-corrected chi connectivity index (χ4v) is 3.82. The van der Waals surface area contributed by atoms with Gasteiger partial charge in [-0.2, -0.15) is 0 Å². The summed E-state index contributed by atoms with van der Waals surface area (Å²) in [4.78, 5) is 28.1. The van der Waals surface area contributed by atoms with Crippen LogP contribution < -0.4 is 15.1 Å². The van der Waals surface area contributed by atoms with E-state index in [-0.39, 0.29) is 18.9 Å². The number of amides is 2. The Bertz CT molecular complexity index is 875. The number of carbonyl (C=O) groups excluding carboxylic acids is 2. The number of para-hydroxylation sites is 1. The highest BCUT2D eigenvalue weighted by Crippen LogP contribution is 2.30. The van der Waals surface area contributed by atoms with E-state index in [1.54, 1.807) is 0 Å². The first-order valence-corrected chi connectivity index (χ1v) is 9.43. The molecular formula is C21H21F2N3O2. The Balaban J connectivity index is 1.42. The van der Waals surface area contributed by atoms with Gasteiger partial charge in [-0.25, -0.2) is 8.78 Å². The highest BCUT2D eigenvalue weighted by molar-refractivity contribution is 6.03. The van der Waals surface area contributed by atoms with Gasteiger partial charge in [0.1, 0.15) is 17.3 Å². The number of benzene rings is 2. The van der Waals surface area contributed by atoms with Crippen molar-refractivity contribution in [3.8, 4) is 0 Å². The zero-order chi connectivity index (χ0) is 19.7. The molecule has 1 unspecified atom stereocenters. The van der Waals surface area contributed by atoms with E-state index < -0.39 is 29.1 Å². The van der Waals surface area contributed by atoms with Crippen molar-refractivity contribution in [1.82, 2.24) is 0 Å². The summed E-state index contributed by atoms with van der Waals surface area (Å²) < 4.78 is 28.0. The van der Waals surface area contributed by atoms with Crippen LogP contribution in [-0.4, -0.2) is 31.4 Å². The summed E-state index contributed by atoms with van der Waals surface area (Å²) in [7, 11) is 0. The maximum Gasteiger partial charge on any atom is 0.229 e. The number of halogens is 2. The van der Waals surface area contributed by atoms with Crippen molar-refractivity contribution in [2.24, 2.45) is 5.92 Å². The molecule has 0 saturated carbocycles. The molecule has 2 aliphatic rings. The van der Waals surface area contributed by atoms with Gasteiger partial charge in [-0.15, -0.1) is 0 Å². The van der Waals surface area contributed by atoms with Crippen molar-refractivity contribution in [1.29, 1.82) is 0 Å². The Morgan fingerprint density at radius 3 is 2.29 bits per heavy atom. The smallest absolute Gasteiger partial charge is 0.229 e. The van der Waals surface area contributed by atoms with Crippen molar-refractivity contribution in [2.45, 2.75) is 19.3 Å². The van der Waals surface area contributed by atoms with Gasteiger partial charge < -0.3 is 15.1 Å². The Hall–Kier alpha value is -2.96. The zero-order valence-corrected chi connectivity index (χ0v) is 15.3. The molecule has 4 rings (SSSR count). The normalized spacial score (nSPS) is 19.4. The van der Waals surface area contributed by atoms with Crippen LogP contribution in [0.3, 0.4) is 0 Å². The third kappa shape index (κ3) is 3.56. The second kappa shape index (κ2) is 7.58. The lowest BCUT2D eigenvalue weighted by Crippen LogP contribution is -2.29. The van der Waals surface area contributed by atoms with E-state index in [0.717, 1.165) is 35.8 Å². The van der Waals surface area contributed by atoms with Crippen LogP contribution >= 0.6 is 0 Å². The van der Waals surface area contributed by atoms with Gasteiger partial charge in [-0.05, 0) is 49.2 Å². The molecule has 2 saturated heterocycles. The number of hydrogen-bond donors (Lipinski definition) is 1. The van der Waals surface area contributed by atoms with Crippen LogP contribution in [0.5, 0.6) is 0 Å². The van der Waals surface area contributed by atoms with Crippen LogP contribution in [0, 0.1) is 17.6 Å². The largest absolute Gasteiger partial charge is 0.372 e. The van der Waals surface area contributed by atoms with Gasteiger partial charge in [0, 0.05) is 37.4 Å². The van der Waals surface area contributed by atoms with Gasteiger partial charge >= 0.3 is 0 Å². The van der Waals surface area contributed by atoms with E-state index in [9.17, 15) is 18.4 Å². The minimum Gasteiger partial charge on any atom is -0.372 e. The predicted octanol–water partition coefficient (Wildman–Crippen LogP) is 3.56. The lowest BCUT2D eigenvalue weighted by atomic mass is 10.1. The van der Waals surface area contributed by atoms with Crippen LogP contribution in [0.1, 0.15) is 19.3 Å². The average molecular weight is 385 g/mol. The van der Waals surface area contributed by atoms with Crippen molar-refractivity contribution in [3.63, 3.8) is 0 Å². The fraction of sp³-hybridized carbons (Fsp3) is 0.333. The van der Waals surface area contributed by atoms with Gasteiger partial charge in [-0.3, -0.25) is 9.59 Å². The summed E-state index contributed by atoms with van der Waals surface area (Å²) in [6, 6.07) is 11.0. The molecule has 2 heterocycles. The maximum absolute atomic E-state index is 14.0. The standard InChI is InChI=1S/C21H21F2N3O2/c22-17-4-3-5-18(23)20(17)26-13-14(12-19(26)27)21(28)24-15-6-8-16(9-7-15)25-10-1-2-11-25/h3-9,14H,1-2,10-13H2,(H,24,28). The van der Waals surface area contributed by atoms with Crippen LogP contribution in [0.2, 0.25) is 0 Å². The molecule has 146 valence electrons. The molecule has 2 aromatic rings. The molecule has 1 N–H and O–H groups in total. The summed E-state index contributed by atoms with van der Waals surface area (Å²) >= 11 is 0. The van der Waals surface area contributed by atoms with E-state index in [1.807, 2.05) is 24.3 Å². The van der Waals surface area contributed by atoms with Gasteiger partial charge in [0.25, 0.3) is 0 Å². The highest BCUT2D eigenvalue weighted by atomic mass is 19.1. The molecule has 2 fully saturated rings. The Morgan fingerprint density at radius 2 is 1.64 bits per heavy atom. The lowest BCUT2D eigenvalue weighted by Gasteiger charge is -2.19. The second-order valence-corrected chi connectivity index (χ2v) is 7.21. The predicted molar refractivity (Wildman–Crippen MR) is 103 cm³/mol. The van der Waals surface area contributed by atoms with Crippen molar-refractivity contribution < 1.29 is 18.4 Å². The molecule has 0 spiro atoms. The van der Waals surface area contributed by atoms with E-state index >= 15 is 0 Å². The van der Waals surface area contributed by atoms with Crippen molar-refractivity contribution >= 4 is 28.9 Å². The topological polar surface area (TPSA) is 52.7 Å². The molecule has 28 heavy (non-hydrogen) atoms. The summed E-state index contributed by atoms with van der Waals surface area (Å²) in [5, 5.41) is 2.80. The number of nitrogens with one attached hydrogen (secondary N) is 1. The first kappa shape index (κ1) is 18.4. The Labute approximate surface area is 161 Å². The summed E-state index contributed by atoms with van der Waals surface area (Å²) in [6.45, 7) is 2.03. The van der Waals surface area contributed by atoms with Crippen molar-refractivity contribution in [3.05, 3.63) is 54.1 Å². The highest BCUT2D eigenvalue weighted by Gasteiger charge is 2.37. The Morgan fingerprint density at radius 1 is 1.00 bits per heavy atom. The number of hydrogen-bond acceptors (Lipinski definition) is 3. The van der Waals surface area contributed by atoms with Gasteiger partial charge in [-0.1, -0.05) is 6.07 Å². The molecule has 2 aliphatic heterocycles. The molecule has 0 aromatic heterocycles. The average Bonchev–Trinajstić information content (AvgIpc) is 3.33. The second-order valence-electron chi connectivity index (χ2n) is 7.21. The first-order valence-electron chi connectivity index (χ1n) is 9.43. The van der Waals surface area contributed by atoms with E-state index in [2.05, 4.69) is 10.2 Å². The van der Waals surface area contributed by atoms with Crippen LogP contribution in [-0.2, 0) is 9.59 Å². The number of nitrogens with zero attached hydrogens (tertiary/aromatic N) is 2. The molecule has 7 heteroatoms. The number of anilines is 3. The molecule has 1 atom stereocenters. The lowest BCUT2D eigenvalue weighted by molar-refractivity contribution is -0.122. The quantitative estimate of drug-likeness (QED) is 0.876.